The molecule has 0 bridgehead atoms. The van der Waals surface area contributed by atoms with Gasteiger partial charge in [-0.05, 0) is 48.7 Å². The van der Waals surface area contributed by atoms with Crippen molar-refractivity contribution in [1.82, 2.24) is 4.40 Å². The van der Waals surface area contributed by atoms with Crippen molar-refractivity contribution in [3.63, 3.8) is 0 Å². The van der Waals surface area contributed by atoms with Crippen LogP contribution in [0.15, 0.2) is 48.7 Å². The number of anilines is 1. The number of pyridine rings is 1. The summed E-state index contributed by atoms with van der Waals surface area (Å²) in [4.78, 5) is 0. The maximum Gasteiger partial charge on any atom is 0.115 e. The molecule has 18 heavy (non-hydrogen) atoms. The molecule has 2 heterocycles. The number of hydrogen-bond acceptors (Lipinski definition) is 1. The summed E-state index contributed by atoms with van der Waals surface area (Å²) in [6.45, 7) is 4.25. The first-order chi connectivity index (χ1) is 8.66. The largest absolute Gasteiger partial charge is 0.384 e. The number of rotatable bonds is 1. The molecule has 3 rings (SSSR count). The average Bonchev–Trinajstić information content (AvgIpc) is 2.71. The van der Waals surface area contributed by atoms with Gasteiger partial charge in [0.25, 0.3) is 0 Å². The lowest BCUT2D eigenvalue weighted by atomic mass is 10.0. The van der Waals surface area contributed by atoms with E-state index in [4.69, 9.17) is 5.73 Å². The van der Waals surface area contributed by atoms with Crippen molar-refractivity contribution in [2.45, 2.75) is 13.8 Å². The van der Waals surface area contributed by atoms with Crippen LogP contribution in [0.2, 0.25) is 0 Å². The van der Waals surface area contributed by atoms with Crippen LogP contribution in [-0.2, 0) is 0 Å². The molecule has 1 aromatic carbocycles. The lowest BCUT2D eigenvalue weighted by Crippen LogP contribution is -1.93. The van der Waals surface area contributed by atoms with Crippen LogP contribution in [0.1, 0.15) is 11.1 Å². The summed E-state index contributed by atoms with van der Waals surface area (Å²) >= 11 is 0. The molecule has 0 radical (unpaired) electrons. The molecule has 2 N–H and O–H groups in total. The van der Waals surface area contributed by atoms with Crippen molar-refractivity contribution >= 4 is 11.3 Å². The van der Waals surface area contributed by atoms with Gasteiger partial charge in [-0.3, -0.25) is 0 Å². The average molecular weight is 236 g/mol. The van der Waals surface area contributed by atoms with E-state index in [9.17, 15) is 0 Å². The second kappa shape index (κ2) is 3.91. The van der Waals surface area contributed by atoms with Crippen molar-refractivity contribution in [2.75, 3.05) is 5.73 Å². The molecule has 3 aromatic rings. The SMILES string of the molecule is Cc1ccc(-c2cc3ccccn3c2N)cc1C. The van der Waals surface area contributed by atoms with Crippen LogP contribution >= 0.6 is 0 Å². The normalized spacial score (nSPS) is 11.0. The van der Waals surface area contributed by atoms with E-state index in [-0.39, 0.29) is 0 Å². The Morgan fingerprint density at radius 2 is 1.78 bits per heavy atom. The van der Waals surface area contributed by atoms with Gasteiger partial charge in [-0.1, -0.05) is 24.3 Å². The highest BCUT2D eigenvalue weighted by Crippen LogP contribution is 2.30. The zero-order valence-corrected chi connectivity index (χ0v) is 10.6. The standard InChI is InChI=1S/C16H16N2/c1-11-6-7-13(9-12(11)2)15-10-14-5-3-4-8-18(14)16(15)17/h3-10H,17H2,1-2H3. The van der Waals surface area contributed by atoms with Crippen molar-refractivity contribution in [1.29, 1.82) is 0 Å². The summed E-state index contributed by atoms with van der Waals surface area (Å²) < 4.78 is 2.02. The number of fused-ring (bicyclic) bond motifs is 1. The van der Waals surface area contributed by atoms with Gasteiger partial charge in [0.1, 0.15) is 5.82 Å². The molecule has 0 aliphatic rings. The maximum absolute atomic E-state index is 6.22. The zero-order chi connectivity index (χ0) is 12.7. The minimum Gasteiger partial charge on any atom is -0.384 e. The molecule has 0 aliphatic heterocycles. The first-order valence-corrected chi connectivity index (χ1v) is 6.10. The molecule has 0 atom stereocenters. The third-order valence-electron chi connectivity index (χ3n) is 3.54. The molecule has 2 heteroatoms. The Morgan fingerprint density at radius 1 is 0.944 bits per heavy atom. The molecule has 0 spiro atoms. The second-order valence-electron chi connectivity index (χ2n) is 4.74. The first kappa shape index (κ1) is 10.9. The van der Waals surface area contributed by atoms with Crippen molar-refractivity contribution in [3.05, 3.63) is 59.8 Å². The van der Waals surface area contributed by atoms with Crippen LogP contribution < -0.4 is 5.73 Å². The molecular weight excluding hydrogens is 220 g/mol. The minimum absolute atomic E-state index is 0.800. The van der Waals surface area contributed by atoms with Crippen molar-refractivity contribution < 1.29 is 0 Å². The molecule has 90 valence electrons. The Balaban J connectivity index is 2.25. The highest BCUT2D eigenvalue weighted by molar-refractivity contribution is 5.81. The number of benzene rings is 1. The maximum atomic E-state index is 6.22. The zero-order valence-electron chi connectivity index (χ0n) is 10.6. The van der Waals surface area contributed by atoms with Gasteiger partial charge in [0.05, 0.1) is 0 Å². The van der Waals surface area contributed by atoms with Gasteiger partial charge in [0.2, 0.25) is 0 Å². The Labute approximate surface area is 107 Å². The van der Waals surface area contributed by atoms with Crippen LogP contribution in [-0.4, -0.2) is 4.40 Å². The molecule has 0 saturated carbocycles. The lowest BCUT2D eigenvalue weighted by Gasteiger charge is -2.05. The van der Waals surface area contributed by atoms with E-state index < -0.39 is 0 Å². The van der Waals surface area contributed by atoms with E-state index in [1.54, 1.807) is 0 Å². The number of aromatic nitrogens is 1. The molecule has 0 saturated heterocycles. The van der Waals surface area contributed by atoms with Gasteiger partial charge in [0.15, 0.2) is 0 Å². The van der Waals surface area contributed by atoms with Gasteiger partial charge in [0, 0.05) is 17.3 Å². The fraction of sp³-hybridized carbons (Fsp3) is 0.125. The highest BCUT2D eigenvalue weighted by atomic mass is 15.0. The van der Waals surface area contributed by atoms with E-state index >= 15 is 0 Å². The minimum atomic E-state index is 0.800. The van der Waals surface area contributed by atoms with Crippen molar-refractivity contribution in [2.24, 2.45) is 0 Å². The summed E-state index contributed by atoms with van der Waals surface area (Å²) in [6, 6.07) is 14.7. The van der Waals surface area contributed by atoms with Crippen LogP contribution in [0.4, 0.5) is 5.82 Å². The molecule has 0 unspecified atom stereocenters. The van der Waals surface area contributed by atoms with Crippen LogP contribution in [0.5, 0.6) is 0 Å². The van der Waals surface area contributed by atoms with E-state index in [1.807, 2.05) is 22.7 Å². The summed E-state index contributed by atoms with van der Waals surface area (Å²) in [5, 5.41) is 0. The number of hydrogen-bond donors (Lipinski definition) is 1. The van der Waals surface area contributed by atoms with E-state index in [2.05, 4.69) is 44.2 Å². The van der Waals surface area contributed by atoms with Crippen LogP contribution in [0.25, 0.3) is 16.6 Å². The summed E-state index contributed by atoms with van der Waals surface area (Å²) in [5.74, 6) is 0.800. The number of nitrogen functional groups attached to an aromatic ring is 1. The fourth-order valence-corrected chi connectivity index (χ4v) is 2.29. The summed E-state index contributed by atoms with van der Waals surface area (Å²) in [5.41, 5.74) is 12.2. The smallest absolute Gasteiger partial charge is 0.115 e. The van der Waals surface area contributed by atoms with E-state index in [1.165, 1.54) is 16.7 Å². The van der Waals surface area contributed by atoms with Gasteiger partial charge < -0.3 is 10.1 Å². The monoisotopic (exact) mass is 236 g/mol. The van der Waals surface area contributed by atoms with E-state index in [0.29, 0.717) is 0 Å². The Bertz CT molecular complexity index is 723. The lowest BCUT2D eigenvalue weighted by molar-refractivity contribution is 1.21. The molecule has 0 aliphatic carbocycles. The number of nitrogens with two attached hydrogens (primary N) is 1. The summed E-state index contributed by atoms with van der Waals surface area (Å²) in [6.07, 6.45) is 2.00. The van der Waals surface area contributed by atoms with Gasteiger partial charge in [-0.25, -0.2) is 0 Å². The highest BCUT2D eigenvalue weighted by Gasteiger charge is 2.09. The molecule has 0 fully saturated rings. The van der Waals surface area contributed by atoms with Crippen LogP contribution in [0.3, 0.4) is 0 Å². The molecule has 2 nitrogen and oxygen atoms in total. The Kier molecular flexibility index (Phi) is 2.37. The molecular formula is C16H16N2. The van der Waals surface area contributed by atoms with Crippen LogP contribution in [0, 0.1) is 13.8 Å². The van der Waals surface area contributed by atoms with Gasteiger partial charge >= 0.3 is 0 Å². The van der Waals surface area contributed by atoms with Gasteiger partial charge in [-0.15, -0.1) is 0 Å². The topological polar surface area (TPSA) is 30.4 Å². The fourth-order valence-electron chi connectivity index (χ4n) is 2.29. The number of aryl methyl sites for hydroxylation is 2. The third-order valence-corrected chi connectivity index (χ3v) is 3.54. The Hall–Kier alpha value is -2.22. The van der Waals surface area contributed by atoms with Crippen molar-refractivity contribution in [3.8, 4) is 11.1 Å². The molecule has 0 amide bonds. The Morgan fingerprint density at radius 3 is 2.50 bits per heavy atom. The third kappa shape index (κ3) is 1.58. The number of nitrogens with zero attached hydrogens (tertiary/aromatic N) is 1. The second-order valence-corrected chi connectivity index (χ2v) is 4.74. The predicted octanol–water partition coefficient (Wildman–Crippen LogP) is 3.81. The summed E-state index contributed by atoms with van der Waals surface area (Å²) in [7, 11) is 0. The quantitative estimate of drug-likeness (QED) is 0.684. The first-order valence-electron chi connectivity index (χ1n) is 6.10. The van der Waals surface area contributed by atoms with Gasteiger partial charge in [-0.2, -0.15) is 0 Å². The predicted molar refractivity (Wildman–Crippen MR) is 76.7 cm³/mol. The van der Waals surface area contributed by atoms with E-state index in [0.717, 1.165) is 16.9 Å². The molecule has 2 aromatic heterocycles.